The van der Waals surface area contributed by atoms with E-state index in [-0.39, 0.29) is 0 Å². The molecule has 2 atom stereocenters. The summed E-state index contributed by atoms with van der Waals surface area (Å²) in [4.78, 5) is 2.48. The van der Waals surface area contributed by atoms with Crippen LogP contribution in [0.2, 0.25) is 0 Å². The van der Waals surface area contributed by atoms with Gasteiger partial charge in [-0.25, -0.2) is 0 Å². The first-order chi connectivity index (χ1) is 8.07. The number of hydrogen-bond donors (Lipinski definition) is 1. The molecule has 1 N–H and O–H groups in total. The van der Waals surface area contributed by atoms with Crippen molar-refractivity contribution in [1.82, 2.24) is 10.2 Å². The highest BCUT2D eigenvalue weighted by Crippen LogP contribution is 2.34. The minimum Gasteiger partial charge on any atom is -0.319 e. The van der Waals surface area contributed by atoms with E-state index < -0.39 is 0 Å². The van der Waals surface area contributed by atoms with Gasteiger partial charge in [-0.05, 0) is 58.3 Å². The lowest BCUT2D eigenvalue weighted by Crippen LogP contribution is -2.47. The first-order valence-corrected chi connectivity index (χ1v) is 7.39. The topological polar surface area (TPSA) is 15.3 Å². The second-order valence-electron chi connectivity index (χ2n) is 6.32. The van der Waals surface area contributed by atoms with Crippen molar-refractivity contribution in [2.45, 2.75) is 52.0 Å². The molecule has 1 rings (SSSR count). The Balaban J connectivity index is 2.73. The third kappa shape index (κ3) is 4.26. The Labute approximate surface area is 108 Å². The lowest BCUT2D eigenvalue weighted by molar-refractivity contribution is 0.0887. The smallest absolute Gasteiger partial charge is 0.0160 e. The summed E-state index contributed by atoms with van der Waals surface area (Å²) >= 11 is 0. The van der Waals surface area contributed by atoms with Crippen LogP contribution >= 0.6 is 0 Å². The van der Waals surface area contributed by atoms with Gasteiger partial charge in [0.15, 0.2) is 0 Å². The average molecular weight is 240 g/mol. The van der Waals surface area contributed by atoms with Crippen molar-refractivity contribution >= 4 is 0 Å². The maximum absolute atomic E-state index is 3.40. The first kappa shape index (κ1) is 15.0. The summed E-state index contributed by atoms with van der Waals surface area (Å²) in [5, 5.41) is 3.40. The molecule has 2 nitrogen and oxygen atoms in total. The van der Waals surface area contributed by atoms with Gasteiger partial charge < -0.3 is 10.2 Å². The number of nitrogens with zero attached hydrogens (tertiary/aromatic N) is 1. The molecular weight excluding hydrogens is 208 g/mol. The molecule has 0 aromatic carbocycles. The van der Waals surface area contributed by atoms with Crippen molar-refractivity contribution in [3.63, 3.8) is 0 Å². The normalized spacial score (nSPS) is 22.1. The van der Waals surface area contributed by atoms with E-state index in [1.54, 1.807) is 0 Å². The highest BCUT2D eigenvalue weighted by Gasteiger charge is 2.33. The van der Waals surface area contributed by atoms with Crippen molar-refractivity contribution in [2.75, 3.05) is 27.7 Å². The van der Waals surface area contributed by atoms with Crippen LogP contribution in [-0.2, 0) is 0 Å². The zero-order valence-corrected chi connectivity index (χ0v) is 12.5. The van der Waals surface area contributed by atoms with Crippen LogP contribution < -0.4 is 5.32 Å². The summed E-state index contributed by atoms with van der Waals surface area (Å²) < 4.78 is 0. The Kier molecular flexibility index (Phi) is 6.50. The van der Waals surface area contributed by atoms with E-state index in [0.717, 1.165) is 30.3 Å². The summed E-state index contributed by atoms with van der Waals surface area (Å²) in [5.41, 5.74) is 0. The maximum Gasteiger partial charge on any atom is 0.0160 e. The highest BCUT2D eigenvalue weighted by atomic mass is 15.1. The van der Waals surface area contributed by atoms with Crippen LogP contribution in [0.4, 0.5) is 0 Å². The van der Waals surface area contributed by atoms with Crippen molar-refractivity contribution in [1.29, 1.82) is 0 Å². The Morgan fingerprint density at radius 1 is 1.12 bits per heavy atom. The Bertz CT molecular complexity index is 195. The fourth-order valence-electron chi connectivity index (χ4n) is 3.62. The number of rotatable bonds is 6. The fraction of sp³-hybridized carbons (Fsp3) is 1.00. The van der Waals surface area contributed by atoms with Gasteiger partial charge in [0.05, 0.1) is 0 Å². The van der Waals surface area contributed by atoms with Crippen molar-refractivity contribution in [2.24, 2.45) is 17.8 Å². The molecule has 2 unspecified atom stereocenters. The Morgan fingerprint density at radius 2 is 1.71 bits per heavy atom. The molecule has 0 saturated heterocycles. The van der Waals surface area contributed by atoms with Crippen molar-refractivity contribution in [3.8, 4) is 0 Å². The molecule has 0 heterocycles. The van der Waals surface area contributed by atoms with Crippen LogP contribution in [0.5, 0.6) is 0 Å². The van der Waals surface area contributed by atoms with Gasteiger partial charge in [0.2, 0.25) is 0 Å². The van der Waals surface area contributed by atoms with Gasteiger partial charge in [-0.15, -0.1) is 0 Å². The van der Waals surface area contributed by atoms with Crippen LogP contribution in [0, 0.1) is 17.8 Å². The van der Waals surface area contributed by atoms with Gasteiger partial charge >= 0.3 is 0 Å². The molecular formula is C15H32N2. The lowest BCUT2D eigenvalue weighted by Gasteiger charge is -2.42. The highest BCUT2D eigenvalue weighted by molar-refractivity contribution is 4.87. The molecule has 0 spiro atoms. The van der Waals surface area contributed by atoms with Crippen molar-refractivity contribution < 1.29 is 0 Å². The lowest BCUT2D eigenvalue weighted by atomic mass is 9.74. The molecule has 0 amide bonds. The van der Waals surface area contributed by atoms with Crippen LogP contribution in [-0.4, -0.2) is 38.6 Å². The fourth-order valence-corrected chi connectivity index (χ4v) is 3.62. The molecule has 17 heavy (non-hydrogen) atoms. The van der Waals surface area contributed by atoms with Gasteiger partial charge in [-0.2, -0.15) is 0 Å². The first-order valence-electron chi connectivity index (χ1n) is 7.39. The van der Waals surface area contributed by atoms with Gasteiger partial charge in [0.25, 0.3) is 0 Å². The monoisotopic (exact) mass is 240 g/mol. The molecule has 1 aliphatic rings. The van der Waals surface area contributed by atoms with Crippen LogP contribution in [0.15, 0.2) is 0 Å². The molecule has 1 saturated carbocycles. The quantitative estimate of drug-likeness (QED) is 0.768. The Morgan fingerprint density at radius 3 is 2.12 bits per heavy atom. The molecule has 0 aromatic heterocycles. The van der Waals surface area contributed by atoms with E-state index in [0.29, 0.717) is 0 Å². The van der Waals surface area contributed by atoms with E-state index in [1.807, 2.05) is 0 Å². The molecule has 1 fully saturated rings. The molecule has 102 valence electrons. The van der Waals surface area contributed by atoms with Crippen molar-refractivity contribution in [3.05, 3.63) is 0 Å². The van der Waals surface area contributed by atoms with Gasteiger partial charge in [-0.1, -0.05) is 33.1 Å². The third-order valence-corrected chi connectivity index (χ3v) is 4.46. The molecule has 0 radical (unpaired) electrons. The third-order valence-electron chi connectivity index (χ3n) is 4.46. The predicted octanol–water partition coefficient (Wildman–Crippen LogP) is 2.99. The van der Waals surface area contributed by atoms with E-state index in [9.17, 15) is 0 Å². The molecule has 0 bridgehead atoms. The molecule has 2 heteroatoms. The Hall–Kier alpha value is -0.0800. The summed E-state index contributed by atoms with van der Waals surface area (Å²) in [5.74, 6) is 2.45. The van der Waals surface area contributed by atoms with E-state index in [4.69, 9.17) is 0 Å². The molecule has 1 aliphatic carbocycles. The standard InChI is InChI=1S/C15H32N2/c1-12(2)14(11-16-3)15(17(4)5)13-9-7-6-8-10-13/h12-16H,6-11H2,1-5H3. The van der Waals surface area contributed by atoms with E-state index in [1.165, 1.54) is 32.1 Å². The summed E-state index contributed by atoms with van der Waals surface area (Å²) in [6, 6.07) is 0.753. The summed E-state index contributed by atoms with van der Waals surface area (Å²) in [6.07, 6.45) is 7.22. The van der Waals surface area contributed by atoms with E-state index in [2.05, 4.69) is 45.2 Å². The minimum absolute atomic E-state index is 0.753. The average Bonchev–Trinajstić information content (AvgIpc) is 2.29. The van der Waals surface area contributed by atoms with Gasteiger partial charge in [0.1, 0.15) is 0 Å². The van der Waals surface area contributed by atoms with Crippen LogP contribution in [0.3, 0.4) is 0 Å². The van der Waals surface area contributed by atoms with Gasteiger partial charge in [0, 0.05) is 6.04 Å². The predicted molar refractivity (Wildman–Crippen MR) is 76.3 cm³/mol. The largest absolute Gasteiger partial charge is 0.319 e. The summed E-state index contributed by atoms with van der Waals surface area (Å²) in [7, 11) is 6.62. The number of nitrogens with one attached hydrogen (secondary N) is 1. The van der Waals surface area contributed by atoms with E-state index >= 15 is 0 Å². The number of hydrogen-bond acceptors (Lipinski definition) is 2. The molecule has 0 aliphatic heterocycles. The van der Waals surface area contributed by atoms with Crippen LogP contribution in [0.25, 0.3) is 0 Å². The second kappa shape index (κ2) is 7.38. The zero-order valence-electron chi connectivity index (χ0n) is 12.5. The SMILES string of the molecule is CNCC(C(C)C)C(C1CCCCC1)N(C)C. The zero-order chi connectivity index (χ0) is 12.8. The van der Waals surface area contributed by atoms with Crippen LogP contribution in [0.1, 0.15) is 46.0 Å². The summed E-state index contributed by atoms with van der Waals surface area (Å²) in [6.45, 7) is 5.90. The maximum atomic E-state index is 3.40. The minimum atomic E-state index is 0.753. The van der Waals surface area contributed by atoms with Gasteiger partial charge in [-0.3, -0.25) is 0 Å². The second-order valence-corrected chi connectivity index (χ2v) is 6.32. The molecule has 0 aromatic rings.